The topological polar surface area (TPSA) is 76.7 Å². The molecule has 0 fully saturated rings. The van der Waals surface area contributed by atoms with Crippen molar-refractivity contribution in [2.24, 2.45) is 5.10 Å². The van der Waals surface area contributed by atoms with Crippen molar-refractivity contribution in [1.29, 1.82) is 0 Å². The van der Waals surface area contributed by atoms with Gasteiger partial charge in [-0.05, 0) is 71.8 Å². The molecule has 35 heavy (non-hydrogen) atoms. The minimum Gasteiger partial charge on any atom is -0.484 e. The standard InChI is InChI=1S/C28H20BrN3O3/c29-21-10-13-26-25(15-21)24(19-5-2-1-3-6-19)16-27(31-26)20-8-11-22(12-9-20)35-18-28(33)32-30-17-23-7-4-14-34-23/h1-17H,18H2,(H,32,33)/b30-17-. The van der Waals surface area contributed by atoms with E-state index in [2.05, 4.69) is 50.7 Å². The highest BCUT2D eigenvalue weighted by Gasteiger charge is 2.11. The lowest BCUT2D eigenvalue weighted by molar-refractivity contribution is -0.123. The SMILES string of the molecule is O=C(COc1ccc(-c2cc(-c3ccccc3)c3cc(Br)ccc3n2)cc1)N/N=C\c1ccco1. The molecule has 5 rings (SSSR count). The second kappa shape index (κ2) is 10.4. The van der Waals surface area contributed by atoms with Crippen LogP contribution in [0.3, 0.4) is 0 Å². The summed E-state index contributed by atoms with van der Waals surface area (Å²) in [6.07, 6.45) is 2.95. The Hall–Kier alpha value is -4.23. The zero-order valence-corrected chi connectivity index (χ0v) is 20.1. The molecular formula is C28H20BrN3O3. The van der Waals surface area contributed by atoms with Gasteiger partial charge in [-0.15, -0.1) is 0 Å². The van der Waals surface area contributed by atoms with E-state index in [1.807, 2.05) is 54.6 Å². The number of rotatable bonds is 7. The molecule has 0 radical (unpaired) electrons. The van der Waals surface area contributed by atoms with Crippen LogP contribution in [0.15, 0.2) is 111 Å². The number of fused-ring (bicyclic) bond motifs is 1. The fourth-order valence-corrected chi connectivity index (χ4v) is 4.00. The molecule has 172 valence electrons. The quantitative estimate of drug-likeness (QED) is 0.195. The highest BCUT2D eigenvalue weighted by molar-refractivity contribution is 9.10. The van der Waals surface area contributed by atoms with Gasteiger partial charge < -0.3 is 9.15 Å². The molecule has 6 nitrogen and oxygen atoms in total. The molecule has 2 heterocycles. The molecule has 1 N–H and O–H groups in total. The second-order valence-electron chi connectivity index (χ2n) is 7.70. The van der Waals surface area contributed by atoms with Crippen molar-refractivity contribution in [3.05, 3.63) is 107 Å². The molecule has 0 atom stereocenters. The highest BCUT2D eigenvalue weighted by atomic mass is 79.9. The summed E-state index contributed by atoms with van der Waals surface area (Å²) in [5.41, 5.74) is 7.36. The molecule has 0 aliphatic rings. The maximum absolute atomic E-state index is 12.0. The summed E-state index contributed by atoms with van der Waals surface area (Å²) in [4.78, 5) is 16.8. The number of aromatic nitrogens is 1. The molecule has 0 aliphatic carbocycles. The first kappa shape index (κ1) is 22.6. The Balaban J connectivity index is 1.32. The fourth-order valence-electron chi connectivity index (χ4n) is 3.64. The Morgan fingerprint density at radius 3 is 2.57 bits per heavy atom. The van der Waals surface area contributed by atoms with Gasteiger partial charge >= 0.3 is 0 Å². The summed E-state index contributed by atoms with van der Waals surface area (Å²) in [5.74, 6) is 0.755. The van der Waals surface area contributed by atoms with Crippen LogP contribution < -0.4 is 10.2 Å². The first-order valence-electron chi connectivity index (χ1n) is 10.9. The third-order valence-corrected chi connectivity index (χ3v) is 5.79. The van der Waals surface area contributed by atoms with Crippen molar-refractivity contribution in [2.45, 2.75) is 0 Å². The average Bonchev–Trinajstić information content (AvgIpc) is 3.41. The number of carbonyl (C=O) groups excluding carboxylic acids is 1. The van der Waals surface area contributed by atoms with Crippen molar-refractivity contribution >= 4 is 39.0 Å². The van der Waals surface area contributed by atoms with Crippen LogP contribution in [0.1, 0.15) is 5.76 Å². The number of halogens is 1. The van der Waals surface area contributed by atoms with E-state index in [9.17, 15) is 4.79 Å². The lowest BCUT2D eigenvalue weighted by Gasteiger charge is -2.11. The number of nitrogens with zero attached hydrogens (tertiary/aromatic N) is 2. The molecule has 0 saturated heterocycles. The summed E-state index contributed by atoms with van der Waals surface area (Å²) < 4.78 is 11.7. The van der Waals surface area contributed by atoms with E-state index in [4.69, 9.17) is 14.1 Å². The van der Waals surface area contributed by atoms with Crippen molar-refractivity contribution in [2.75, 3.05) is 6.61 Å². The van der Waals surface area contributed by atoms with Crippen LogP contribution in [0, 0.1) is 0 Å². The van der Waals surface area contributed by atoms with Crippen molar-refractivity contribution in [3.63, 3.8) is 0 Å². The second-order valence-corrected chi connectivity index (χ2v) is 8.62. The number of hydrazone groups is 1. The summed E-state index contributed by atoms with van der Waals surface area (Å²) in [6, 6.07) is 29.5. The number of hydrogen-bond acceptors (Lipinski definition) is 5. The number of amides is 1. The molecule has 3 aromatic carbocycles. The van der Waals surface area contributed by atoms with Gasteiger partial charge in [0.25, 0.3) is 5.91 Å². The van der Waals surface area contributed by atoms with E-state index in [0.29, 0.717) is 11.5 Å². The summed E-state index contributed by atoms with van der Waals surface area (Å²) in [5, 5.41) is 4.91. The fraction of sp³-hybridized carbons (Fsp3) is 0.0357. The Bertz CT molecular complexity index is 1480. The summed E-state index contributed by atoms with van der Waals surface area (Å²) in [6.45, 7) is -0.157. The van der Waals surface area contributed by atoms with E-state index < -0.39 is 0 Å². The van der Waals surface area contributed by atoms with Gasteiger partial charge in [-0.1, -0.05) is 46.3 Å². The van der Waals surface area contributed by atoms with Crippen LogP contribution in [-0.2, 0) is 4.79 Å². The number of ether oxygens (including phenoxy) is 1. The van der Waals surface area contributed by atoms with Gasteiger partial charge in [0, 0.05) is 15.4 Å². The number of nitrogens with one attached hydrogen (secondary N) is 1. The Labute approximate surface area is 210 Å². The van der Waals surface area contributed by atoms with Crippen molar-refractivity contribution in [3.8, 4) is 28.1 Å². The number of pyridine rings is 1. The van der Waals surface area contributed by atoms with Gasteiger partial charge in [0.1, 0.15) is 11.5 Å². The van der Waals surface area contributed by atoms with Crippen LogP contribution in [-0.4, -0.2) is 23.7 Å². The maximum atomic E-state index is 12.0. The molecule has 1 amide bonds. The summed E-state index contributed by atoms with van der Waals surface area (Å²) in [7, 11) is 0. The van der Waals surface area contributed by atoms with Crippen molar-refractivity contribution < 1.29 is 13.9 Å². The van der Waals surface area contributed by atoms with Crippen LogP contribution in [0.5, 0.6) is 5.75 Å². The van der Waals surface area contributed by atoms with Crippen LogP contribution in [0.25, 0.3) is 33.3 Å². The third kappa shape index (κ3) is 5.47. The van der Waals surface area contributed by atoms with Gasteiger partial charge in [-0.2, -0.15) is 5.10 Å². The minimum atomic E-state index is -0.369. The van der Waals surface area contributed by atoms with E-state index >= 15 is 0 Å². The zero-order valence-electron chi connectivity index (χ0n) is 18.5. The molecule has 5 aromatic rings. The monoisotopic (exact) mass is 525 g/mol. The Kier molecular flexibility index (Phi) is 6.68. The van der Waals surface area contributed by atoms with Gasteiger partial charge in [-0.25, -0.2) is 10.4 Å². The van der Waals surface area contributed by atoms with Gasteiger partial charge in [0.2, 0.25) is 0 Å². The molecule has 0 unspecified atom stereocenters. The van der Waals surface area contributed by atoms with Crippen LogP contribution in [0.4, 0.5) is 0 Å². The number of furan rings is 1. The normalized spacial score (nSPS) is 11.1. The van der Waals surface area contributed by atoms with Crippen LogP contribution >= 0.6 is 15.9 Å². The predicted octanol–water partition coefficient (Wildman–Crippen LogP) is 6.45. The molecule has 7 heteroatoms. The summed E-state index contributed by atoms with van der Waals surface area (Å²) >= 11 is 3.58. The molecule has 0 aliphatic heterocycles. The highest BCUT2D eigenvalue weighted by Crippen LogP contribution is 2.34. The molecule has 2 aromatic heterocycles. The van der Waals surface area contributed by atoms with Crippen LogP contribution in [0.2, 0.25) is 0 Å². The maximum Gasteiger partial charge on any atom is 0.277 e. The van der Waals surface area contributed by atoms with Gasteiger partial charge in [0.05, 0.1) is 23.7 Å². The first-order chi connectivity index (χ1) is 17.2. The van der Waals surface area contributed by atoms with E-state index in [1.165, 1.54) is 12.5 Å². The van der Waals surface area contributed by atoms with E-state index in [1.54, 1.807) is 12.1 Å². The number of benzene rings is 3. The zero-order chi connectivity index (χ0) is 24.0. The van der Waals surface area contributed by atoms with E-state index in [0.717, 1.165) is 37.8 Å². The van der Waals surface area contributed by atoms with Gasteiger partial charge in [-0.3, -0.25) is 4.79 Å². The minimum absolute atomic E-state index is 0.157. The molecule has 0 bridgehead atoms. The predicted molar refractivity (Wildman–Crippen MR) is 140 cm³/mol. The Morgan fingerprint density at radius 1 is 0.971 bits per heavy atom. The van der Waals surface area contributed by atoms with E-state index in [-0.39, 0.29) is 12.5 Å². The average molecular weight is 526 g/mol. The largest absolute Gasteiger partial charge is 0.484 e. The lowest BCUT2D eigenvalue weighted by Crippen LogP contribution is -2.24. The molecular weight excluding hydrogens is 506 g/mol. The molecule has 0 spiro atoms. The third-order valence-electron chi connectivity index (χ3n) is 5.30. The van der Waals surface area contributed by atoms with Gasteiger partial charge in [0.15, 0.2) is 6.61 Å². The number of hydrogen-bond donors (Lipinski definition) is 1. The Morgan fingerprint density at radius 2 is 1.80 bits per heavy atom. The van der Waals surface area contributed by atoms with Crippen molar-refractivity contribution in [1.82, 2.24) is 10.4 Å². The molecule has 0 saturated carbocycles. The number of carbonyl (C=O) groups is 1. The first-order valence-corrected chi connectivity index (χ1v) is 11.7. The lowest BCUT2D eigenvalue weighted by atomic mass is 9.98. The smallest absolute Gasteiger partial charge is 0.277 e.